The van der Waals surface area contributed by atoms with Crippen LogP contribution in [0.1, 0.15) is 44.6 Å². The van der Waals surface area contributed by atoms with Crippen molar-refractivity contribution in [3.8, 4) is 0 Å². The van der Waals surface area contributed by atoms with Crippen LogP contribution in [-0.4, -0.2) is 15.0 Å². The summed E-state index contributed by atoms with van der Waals surface area (Å²) in [6.45, 7) is 4.52. The number of rotatable bonds is 9. The van der Waals surface area contributed by atoms with E-state index in [2.05, 4.69) is 33.7 Å². The molecule has 0 aliphatic heterocycles. The SMILES string of the molecule is CCCCC/C=C(/Br)CCNS(=O)(=O)c1ccc(C)cc1. The second-order valence-corrected chi connectivity index (χ2v) is 7.89. The molecule has 1 aromatic rings. The lowest BCUT2D eigenvalue weighted by molar-refractivity contribution is 0.582. The van der Waals surface area contributed by atoms with Crippen molar-refractivity contribution in [3.63, 3.8) is 0 Å². The fourth-order valence-electron chi connectivity index (χ4n) is 1.86. The van der Waals surface area contributed by atoms with Gasteiger partial charge in [0.1, 0.15) is 0 Å². The van der Waals surface area contributed by atoms with Gasteiger partial charge in [-0.25, -0.2) is 13.1 Å². The van der Waals surface area contributed by atoms with Gasteiger partial charge in [0.15, 0.2) is 0 Å². The average molecular weight is 374 g/mol. The zero-order chi connectivity index (χ0) is 15.7. The molecule has 0 aromatic heterocycles. The molecule has 0 fully saturated rings. The third kappa shape index (κ3) is 7.25. The van der Waals surface area contributed by atoms with E-state index in [0.717, 1.165) is 16.5 Å². The van der Waals surface area contributed by atoms with E-state index < -0.39 is 10.0 Å². The predicted molar refractivity (Wildman–Crippen MR) is 92.1 cm³/mol. The molecule has 0 saturated carbocycles. The molecule has 0 saturated heterocycles. The van der Waals surface area contributed by atoms with Crippen molar-refractivity contribution in [2.45, 2.75) is 50.8 Å². The first-order valence-electron chi connectivity index (χ1n) is 7.36. The van der Waals surface area contributed by atoms with Crippen LogP contribution in [0.5, 0.6) is 0 Å². The van der Waals surface area contributed by atoms with Crippen molar-refractivity contribution in [3.05, 3.63) is 40.4 Å². The fourth-order valence-corrected chi connectivity index (χ4v) is 3.32. The summed E-state index contributed by atoms with van der Waals surface area (Å²) in [6, 6.07) is 6.87. The predicted octanol–water partition coefficient (Wildman–Crippen LogP) is 4.52. The maximum atomic E-state index is 12.1. The molecule has 21 heavy (non-hydrogen) atoms. The lowest BCUT2D eigenvalue weighted by Crippen LogP contribution is -2.24. The second kappa shape index (κ2) is 9.38. The van der Waals surface area contributed by atoms with Gasteiger partial charge in [0.05, 0.1) is 4.90 Å². The summed E-state index contributed by atoms with van der Waals surface area (Å²) in [4.78, 5) is 0.316. The Balaban J connectivity index is 2.42. The van der Waals surface area contributed by atoms with Gasteiger partial charge in [-0.1, -0.05) is 59.5 Å². The van der Waals surface area contributed by atoms with Gasteiger partial charge < -0.3 is 0 Å². The highest BCUT2D eigenvalue weighted by molar-refractivity contribution is 9.11. The first-order valence-corrected chi connectivity index (χ1v) is 9.64. The Labute approximate surface area is 137 Å². The van der Waals surface area contributed by atoms with E-state index in [-0.39, 0.29) is 0 Å². The first kappa shape index (κ1) is 18.4. The van der Waals surface area contributed by atoms with Crippen molar-refractivity contribution in [1.82, 2.24) is 4.72 Å². The molecule has 1 rings (SSSR count). The molecule has 118 valence electrons. The number of unbranched alkanes of at least 4 members (excludes halogenated alkanes) is 3. The number of hydrogen-bond donors (Lipinski definition) is 1. The van der Waals surface area contributed by atoms with Crippen molar-refractivity contribution in [2.24, 2.45) is 0 Å². The minimum absolute atomic E-state index is 0.316. The molecule has 1 aromatic carbocycles. The first-order chi connectivity index (χ1) is 9.95. The number of hydrogen-bond acceptors (Lipinski definition) is 2. The lowest BCUT2D eigenvalue weighted by Gasteiger charge is -2.07. The number of allylic oxidation sites excluding steroid dienone is 1. The van der Waals surface area contributed by atoms with E-state index in [1.807, 2.05) is 6.92 Å². The molecule has 0 heterocycles. The maximum Gasteiger partial charge on any atom is 0.240 e. The van der Waals surface area contributed by atoms with Crippen LogP contribution in [0.4, 0.5) is 0 Å². The summed E-state index contributed by atoms with van der Waals surface area (Å²) >= 11 is 3.49. The van der Waals surface area contributed by atoms with Gasteiger partial charge in [0.25, 0.3) is 0 Å². The lowest BCUT2D eigenvalue weighted by atomic mass is 10.2. The van der Waals surface area contributed by atoms with Gasteiger partial charge in [-0.2, -0.15) is 0 Å². The summed E-state index contributed by atoms with van der Waals surface area (Å²) in [5, 5.41) is 0. The Morgan fingerprint density at radius 2 is 1.90 bits per heavy atom. The third-order valence-electron chi connectivity index (χ3n) is 3.16. The van der Waals surface area contributed by atoms with Crippen LogP contribution in [0.3, 0.4) is 0 Å². The van der Waals surface area contributed by atoms with E-state index in [0.29, 0.717) is 17.9 Å². The van der Waals surface area contributed by atoms with Crippen LogP contribution in [0.25, 0.3) is 0 Å². The highest BCUT2D eigenvalue weighted by Crippen LogP contribution is 2.14. The summed E-state index contributed by atoms with van der Waals surface area (Å²) in [5.41, 5.74) is 1.05. The Bertz CT molecular complexity index is 550. The quantitative estimate of drug-likeness (QED) is 0.646. The van der Waals surface area contributed by atoms with Crippen LogP contribution >= 0.6 is 15.9 Å². The smallest absolute Gasteiger partial charge is 0.211 e. The molecule has 3 nitrogen and oxygen atoms in total. The van der Waals surface area contributed by atoms with Crippen LogP contribution in [0.2, 0.25) is 0 Å². The van der Waals surface area contributed by atoms with E-state index in [1.54, 1.807) is 24.3 Å². The van der Waals surface area contributed by atoms with E-state index >= 15 is 0 Å². The Morgan fingerprint density at radius 3 is 2.52 bits per heavy atom. The molecule has 5 heteroatoms. The van der Waals surface area contributed by atoms with Gasteiger partial charge in [-0.05, 0) is 42.8 Å². The van der Waals surface area contributed by atoms with E-state index in [4.69, 9.17) is 0 Å². The molecule has 0 amide bonds. The summed E-state index contributed by atoms with van der Waals surface area (Å²) in [6.07, 6.45) is 7.48. The molecule has 0 aliphatic carbocycles. The third-order valence-corrected chi connectivity index (χ3v) is 5.36. The minimum Gasteiger partial charge on any atom is -0.211 e. The number of benzene rings is 1. The molecule has 0 unspecified atom stereocenters. The molecule has 0 spiro atoms. The van der Waals surface area contributed by atoms with Crippen LogP contribution in [-0.2, 0) is 10.0 Å². The topological polar surface area (TPSA) is 46.2 Å². The minimum atomic E-state index is -3.40. The normalized spacial score (nSPS) is 12.6. The molecular formula is C16H24BrNO2S. The van der Waals surface area contributed by atoms with Crippen molar-refractivity contribution in [2.75, 3.05) is 6.54 Å². The van der Waals surface area contributed by atoms with E-state index in [9.17, 15) is 8.42 Å². The van der Waals surface area contributed by atoms with Crippen LogP contribution in [0.15, 0.2) is 39.7 Å². The largest absolute Gasteiger partial charge is 0.240 e. The number of nitrogens with one attached hydrogen (secondary N) is 1. The van der Waals surface area contributed by atoms with Crippen LogP contribution in [0, 0.1) is 6.92 Å². The number of sulfonamides is 1. The fraction of sp³-hybridized carbons (Fsp3) is 0.500. The van der Waals surface area contributed by atoms with Gasteiger partial charge in [-0.3, -0.25) is 0 Å². The highest BCUT2D eigenvalue weighted by Gasteiger charge is 2.12. The molecule has 0 atom stereocenters. The Kier molecular flexibility index (Phi) is 8.22. The standard InChI is InChI=1S/C16H24BrNO2S/c1-3-4-5-6-7-15(17)12-13-18-21(19,20)16-10-8-14(2)9-11-16/h7-11,18H,3-6,12-13H2,1-2H3/b15-7+. The van der Waals surface area contributed by atoms with Gasteiger partial charge in [-0.15, -0.1) is 0 Å². The average Bonchev–Trinajstić information content (AvgIpc) is 2.44. The second-order valence-electron chi connectivity index (χ2n) is 5.11. The summed E-state index contributed by atoms with van der Waals surface area (Å²) in [7, 11) is -3.40. The summed E-state index contributed by atoms with van der Waals surface area (Å²) in [5.74, 6) is 0. The number of halogens is 1. The molecule has 0 bridgehead atoms. The van der Waals surface area contributed by atoms with Gasteiger partial charge in [0, 0.05) is 6.54 Å². The van der Waals surface area contributed by atoms with Gasteiger partial charge in [0.2, 0.25) is 10.0 Å². The molecule has 1 N–H and O–H groups in total. The zero-order valence-electron chi connectivity index (χ0n) is 12.7. The number of aryl methyl sites for hydroxylation is 1. The molecule has 0 radical (unpaired) electrons. The van der Waals surface area contributed by atoms with Crippen molar-refractivity contribution < 1.29 is 8.42 Å². The zero-order valence-corrected chi connectivity index (χ0v) is 15.1. The summed E-state index contributed by atoms with van der Waals surface area (Å²) < 4.78 is 27.8. The Morgan fingerprint density at radius 1 is 1.24 bits per heavy atom. The van der Waals surface area contributed by atoms with E-state index in [1.165, 1.54) is 19.3 Å². The monoisotopic (exact) mass is 373 g/mol. The van der Waals surface area contributed by atoms with Gasteiger partial charge >= 0.3 is 0 Å². The highest BCUT2D eigenvalue weighted by atomic mass is 79.9. The van der Waals surface area contributed by atoms with Crippen LogP contribution < -0.4 is 4.72 Å². The van der Waals surface area contributed by atoms with Crippen molar-refractivity contribution in [1.29, 1.82) is 0 Å². The molecule has 0 aliphatic rings. The van der Waals surface area contributed by atoms with Crippen molar-refractivity contribution >= 4 is 26.0 Å². The molecular weight excluding hydrogens is 350 g/mol. The maximum absolute atomic E-state index is 12.1. The Hall–Kier alpha value is -0.650.